The highest BCUT2D eigenvalue weighted by atomic mass is 32.1. The molecule has 7 nitrogen and oxygen atoms in total. The summed E-state index contributed by atoms with van der Waals surface area (Å²) in [5.74, 6) is -0.700. The molecule has 0 aliphatic heterocycles. The van der Waals surface area contributed by atoms with Crippen molar-refractivity contribution >= 4 is 49.9 Å². The number of amides is 1. The fourth-order valence-electron chi connectivity index (χ4n) is 3.23. The largest absolute Gasteiger partial charge is 0.462 e. The van der Waals surface area contributed by atoms with Crippen LogP contribution in [0.1, 0.15) is 22.2 Å². The van der Waals surface area contributed by atoms with Gasteiger partial charge >= 0.3 is 5.97 Å². The molecule has 8 heteroatoms. The van der Waals surface area contributed by atoms with E-state index >= 15 is 0 Å². The van der Waals surface area contributed by atoms with Crippen LogP contribution in [-0.2, 0) is 16.1 Å². The van der Waals surface area contributed by atoms with Crippen LogP contribution in [0.25, 0.3) is 21.0 Å². The van der Waals surface area contributed by atoms with E-state index in [9.17, 15) is 14.4 Å². The SMILES string of the molecule is CCOC(=O)c1cc2cc(NC(=O)Cn3cnc4c(C)cccc4c3=O)ccc2s1. The molecule has 0 saturated heterocycles. The first kappa shape index (κ1) is 19.8. The highest BCUT2D eigenvalue weighted by Crippen LogP contribution is 2.28. The molecule has 30 heavy (non-hydrogen) atoms. The maximum Gasteiger partial charge on any atom is 0.348 e. The summed E-state index contributed by atoms with van der Waals surface area (Å²) in [4.78, 5) is 41.9. The Balaban J connectivity index is 1.53. The molecular weight excluding hydrogens is 402 g/mol. The van der Waals surface area contributed by atoms with Gasteiger partial charge in [-0.2, -0.15) is 0 Å². The van der Waals surface area contributed by atoms with Gasteiger partial charge in [-0.1, -0.05) is 12.1 Å². The van der Waals surface area contributed by atoms with Crippen molar-refractivity contribution in [1.29, 1.82) is 0 Å². The highest BCUT2D eigenvalue weighted by Gasteiger charge is 2.13. The number of nitrogens with zero attached hydrogens (tertiary/aromatic N) is 2. The van der Waals surface area contributed by atoms with Gasteiger partial charge in [-0.3, -0.25) is 14.2 Å². The van der Waals surface area contributed by atoms with Gasteiger partial charge in [0.2, 0.25) is 5.91 Å². The average Bonchev–Trinajstić information content (AvgIpc) is 3.14. The average molecular weight is 421 g/mol. The van der Waals surface area contributed by atoms with Gasteiger partial charge in [-0.15, -0.1) is 11.3 Å². The number of benzene rings is 2. The van der Waals surface area contributed by atoms with Gasteiger partial charge in [-0.25, -0.2) is 9.78 Å². The van der Waals surface area contributed by atoms with Crippen molar-refractivity contribution < 1.29 is 14.3 Å². The van der Waals surface area contributed by atoms with Gasteiger partial charge in [0.1, 0.15) is 11.4 Å². The molecule has 1 amide bonds. The second-order valence-electron chi connectivity index (χ2n) is 6.78. The predicted molar refractivity (Wildman–Crippen MR) is 117 cm³/mol. The number of aryl methyl sites for hydroxylation is 1. The first-order valence-electron chi connectivity index (χ1n) is 9.41. The Bertz CT molecular complexity index is 1340. The molecule has 0 fully saturated rings. The van der Waals surface area contributed by atoms with Gasteiger partial charge in [-0.05, 0) is 55.1 Å². The van der Waals surface area contributed by atoms with Crippen molar-refractivity contribution in [3.8, 4) is 0 Å². The number of fused-ring (bicyclic) bond motifs is 2. The van der Waals surface area contributed by atoms with Crippen molar-refractivity contribution in [1.82, 2.24) is 9.55 Å². The van der Waals surface area contributed by atoms with Crippen LogP contribution >= 0.6 is 11.3 Å². The quantitative estimate of drug-likeness (QED) is 0.496. The number of para-hydroxylation sites is 1. The first-order valence-corrected chi connectivity index (χ1v) is 10.2. The van der Waals surface area contributed by atoms with Gasteiger partial charge in [0, 0.05) is 10.4 Å². The second-order valence-corrected chi connectivity index (χ2v) is 7.86. The lowest BCUT2D eigenvalue weighted by molar-refractivity contribution is -0.116. The number of hydrogen-bond acceptors (Lipinski definition) is 6. The zero-order valence-corrected chi connectivity index (χ0v) is 17.3. The maximum atomic E-state index is 12.7. The van der Waals surface area contributed by atoms with Gasteiger partial charge in [0.15, 0.2) is 0 Å². The molecule has 4 aromatic rings. The monoisotopic (exact) mass is 421 g/mol. The number of thiophene rings is 1. The number of esters is 1. The summed E-state index contributed by atoms with van der Waals surface area (Å²) in [7, 11) is 0. The Hall–Kier alpha value is -3.52. The normalized spacial score (nSPS) is 11.0. The fraction of sp³-hybridized carbons (Fsp3) is 0.182. The van der Waals surface area contributed by atoms with E-state index in [1.54, 1.807) is 37.3 Å². The van der Waals surface area contributed by atoms with Crippen molar-refractivity contribution in [3.05, 3.63) is 69.6 Å². The zero-order chi connectivity index (χ0) is 21.3. The van der Waals surface area contributed by atoms with Crippen molar-refractivity contribution in [3.63, 3.8) is 0 Å². The van der Waals surface area contributed by atoms with Crippen LogP contribution < -0.4 is 10.9 Å². The van der Waals surface area contributed by atoms with E-state index in [1.165, 1.54) is 22.2 Å². The molecule has 0 aliphatic rings. The van der Waals surface area contributed by atoms with Crippen molar-refractivity contribution in [2.24, 2.45) is 0 Å². The summed E-state index contributed by atoms with van der Waals surface area (Å²) in [5.41, 5.74) is 1.87. The van der Waals surface area contributed by atoms with Gasteiger partial charge in [0.25, 0.3) is 5.56 Å². The molecule has 0 unspecified atom stereocenters. The number of carbonyl (C=O) groups is 2. The van der Waals surface area contributed by atoms with E-state index in [0.717, 1.165) is 15.6 Å². The highest BCUT2D eigenvalue weighted by molar-refractivity contribution is 7.20. The molecule has 0 radical (unpaired) electrons. The Morgan fingerprint density at radius 1 is 1.20 bits per heavy atom. The predicted octanol–water partition coefficient (Wildman–Crippen LogP) is 3.74. The lowest BCUT2D eigenvalue weighted by Gasteiger charge is -2.09. The summed E-state index contributed by atoms with van der Waals surface area (Å²) < 4.78 is 7.24. The van der Waals surface area contributed by atoms with E-state index in [1.807, 2.05) is 19.1 Å². The minimum atomic E-state index is -0.359. The third kappa shape index (κ3) is 3.81. The standard InChI is InChI=1S/C22H19N3O4S/c1-3-29-22(28)18-10-14-9-15(7-8-17(14)30-18)24-19(26)11-25-12-23-20-13(2)5-4-6-16(20)21(25)27/h4-10,12H,3,11H2,1-2H3,(H,24,26). The molecule has 2 aromatic heterocycles. The number of anilines is 1. The molecule has 1 N–H and O–H groups in total. The molecule has 4 rings (SSSR count). The van der Waals surface area contributed by atoms with E-state index in [0.29, 0.717) is 28.1 Å². The van der Waals surface area contributed by atoms with Crippen molar-refractivity contribution in [2.75, 3.05) is 11.9 Å². The topological polar surface area (TPSA) is 90.3 Å². The summed E-state index contributed by atoms with van der Waals surface area (Å²) in [6.07, 6.45) is 1.39. The molecule has 0 bridgehead atoms. The number of carbonyl (C=O) groups excluding carboxylic acids is 2. The Morgan fingerprint density at radius 2 is 2.03 bits per heavy atom. The lowest BCUT2D eigenvalue weighted by atomic mass is 10.1. The minimum absolute atomic E-state index is 0.147. The van der Waals surface area contributed by atoms with Crippen LogP contribution in [0, 0.1) is 6.92 Å². The fourth-order valence-corrected chi connectivity index (χ4v) is 4.17. The number of rotatable bonds is 5. The summed E-state index contributed by atoms with van der Waals surface area (Å²) in [6.45, 7) is 3.82. The van der Waals surface area contributed by atoms with Gasteiger partial charge < -0.3 is 10.1 Å². The van der Waals surface area contributed by atoms with E-state index in [4.69, 9.17) is 4.74 Å². The van der Waals surface area contributed by atoms with Crippen LogP contribution in [0.15, 0.2) is 53.6 Å². The maximum absolute atomic E-state index is 12.7. The van der Waals surface area contributed by atoms with E-state index < -0.39 is 0 Å². The van der Waals surface area contributed by atoms with E-state index in [2.05, 4.69) is 10.3 Å². The molecule has 2 heterocycles. The first-order chi connectivity index (χ1) is 14.5. The van der Waals surface area contributed by atoms with Crippen molar-refractivity contribution in [2.45, 2.75) is 20.4 Å². The molecular formula is C22H19N3O4S. The Morgan fingerprint density at radius 3 is 2.83 bits per heavy atom. The lowest BCUT2D eigenvalue weighted by Crippen LogP contribution is -2.28. The number of aromatic nitrogens is 2. The summed E-state index contributed by atoms with van der Waals surface area (Å²) in [5, 5.41) is 4.11. The van der Waals surface area contributed by atoms with E-state index in [-0.39, 0.29) is 24.0 Å². The van der Waals surface area contributed by atoms with Crippen LogP contribution in [0.5, 0.6) is 0 Å². The number of hydrogen-bond donors (Lipinski definition) is 1. The minimum Gasteiger partial charge on any atom is -0.462 e. The van der Waals surface area contributed by atoms with Gasteiger partial charge in [0.05, 0.1) is 23.8 Å². The molecule has 0 spiro atoms. The smallest absolute Gasteiger partial charge is 0.348 e. The third-order valence-electron chi connectivity index (χ3n) is 4.65. The zero-order valence-electron chi connectivity index (χ0n) is 16.5. The Kier molecular flexibility index (Phi) is 5.33. The molecule has 2 aromatic carbocycles. The second kappa shape index (κ2) is 8.08. The Labute approximate surface area is 175 Å². The molecule has 152 valence electrons. The molecule has 0 aliphatic carbocycles. The third-order valence-corrected chi connectivity index (χ3v) is 5.74. The van der Waals surface area contributed by atoms with Crippen LogP contribution in [-0.4, -0.2) is 28.0 Å². The number of nitrogens with one attached hydrogen (secondary N) is 1. The van der Waals surface area contributed by atoms with Crippen LogP contribution in [0.2, 0.25) is 0 Å². The number of ether oxygens (including phenoxy) is 1. The molecule has 0 atom stereocenters. The molecule has 0 saturated carbocycles. The van der Waals surface area contributed by atoms with Crippen LogP contribution in [0.4, 0.5) is 5.69 Å². The van der Waals surface area contributed by atoms with Crippen LogP contribution in [0.3, 0.4) is 0 Å². The summed E-state index contributed by atoms with van der Waals surface area (Å²) in [6, 6.07) is 12.5. The summed E-state index contributed by atoms with van der Waals surface area (Å²) >= 11 is 1.34.